The third-order valence-corrected chi connectivity index (χ3v) is 2.48. The molecule has 0 saturated carbocycles. The maximum absolute atomic E-state index is 9.09. The molecule has 4 heteroatoms. The highest BCUT2D eigenvalue weighted by Crippen LogP contribution is 2.12. The molecular formula is C13H15N3O. The van der Waals surface area contributed by atoms with E-state index in [4.69, 9.17) is 5.11 Å². The molecule has 88 valence electrons. The van der Waals surface area contributed by atoms with E-state index in [1.165, 1.54) is 11.9 Å². The third-order valence-electron chi connectivity index (χ3n) is 2.48. The molecule has 0 aliphatic rings. The molecule has 0 fully saturated rings. The molecule has 1 aromatic heterocycles. The zero-order valence-corrected chi connectivity index (χ0v) is 9.53. The Morgan fingerprint density at radius 2 is 1.94 bits per heavy atom. The summed E-state index contributed by atoms with van der Waals surface area (Å²) in [5.74, 6) is 0.831. The average molecular weight is 229 g/mol. The van der Waals surface area contributed by atoms with Gasteiger partial charge >= 0.3 is 0 Å². The molecule has 1 heterocycles. The van der Waals surface area contributed by atoms with Crippen LogP contribution in [0.3, 0.4) is 0 Å². The number of benzene rings is 1. The van der Waals surface area contributed by atoms with E-state index < -0.39 is 0 Å². The van der Waals surface area contributed by atoms with Crippen molar-refractivity contribution in [1.82, 2.24) is 9.97 Å². The molecule has 0 atom stereocenters. The largest absolute Gasteiger partial charge is 0.395 e. The smallest absolute Gasteiger partial charge is 0.132 e. The van der Waals surface area contributed by atoms with Crippen LogP contribution in [0.15, 0.2) is 48.9 Å². The van der Waals surface area contributed by atoms with Gasteiger partial charge in [0.2, 0.25) is 0 Å². The van der Waals surface area contributed by atoms with Gasteiger partial charge in [-0.05, 0) is 11.6 Å². The van der Waals surface area contributed by atoms with Crippen LogP contribution in [0.25, 0.3) is 0 Å². The third kappa shape index (κ3) is 3.26. The Hall–Kier alpha value is -1.94. The normalized spacial score (nSPS) is 10.2. The number of aliphatic hydroxyl groups is 1. The minimum Gasteiger partial charge on any atom is -0.395 e. The van der Waals surface area contributed by atoms with Gasteiger partial charge in [0.1, 0.15) is 12.1 Å². The number of hydrogen-bond acceptors (Lipinski definition) is 4. The molecule has 1 aromatic carbocycles. The zero-order chi connectivity index (χ0) is 11.9. The second-order valence-corrected chi connectivity index (χ2v) is 3.70. The van der Waals surface area contributed by atoms with E-state index in [9.17, 15) is 0 Å². The summed E-state index contributed by atoms with van der Waals surface area (Å²) in [5, 5.41) is 9.09. The van der Waals surface area contributed by atoms with Gasteiger partial charge in [0.05, 0.1) is 6.61 Å². The van der Waals surface area contributed by atoms with Crippen LogP contribution < -0.4 is 4.90 Å². The highest BCUT2D eigenvalue weighted by Gasteiger charge is 2.07. The fraction of sp³-hybridized carbons (Fsp3) is 0.231. The van der Waals surface area contributed by atoms with Crippen LogP contribution in [0.5, 0.6) is 0 Å². The van der Waals surface area contributed by atoms with E-state index in [1.54, 1.807) is 6.20 Å². The zero-order valence-electron chi connectivity index (χ0n) is 9.53. The molecule has 17 heavy (non-hydrogen) atoms. The molecule has 0 amide bonds. The molecule has 4 nitrogen and oxygen atoms in total. The quantitative estimate of drug-likeness (QED) is 0.843. The van der Waals surface area contributed by atoms with Crippen LogP contribution in [-0.2, 0) is 6.54 Å². The summed E-state index contributed by atoms with van der Waals surface area (Å²) in [7, 11) is 0. The first-order valence-corrected chi connectivity index (χ1v) is 5.56. The van der Waals surface area contributed by atoms with Crippen molar-refractivity contribution in [2.24, 2.45) is 0 Å². The number of hydrogen-bond donors (Lipinski definition) is 1. The van der Waals surface area contributed by atoms with Crippen LogP contribution in [0.2, 0.25) is 0 Å². The maximum Gasteiger partial charge on any atom is 0.132 e. The first kappa shape index (κ1) is 11.5. The van der Waals surface area contributed by atoms with Crippen molar-refractivity contribution in [2.75, 3.05) is 18.1 Å². The number of rotatable bonds is 5. The van der Waals surface area contributed by atoms with Gasteiger partial charge in [0, 0.05) is 19.3 Å². The molecule has 0 aliphatic carbocycles. The van der Waals surface area contributed by atoms with Crippen LogP contribution in [0.1, 0.15) is 5.56 Å². The van der Waals surface area contributed by atoms with Gasteiger partial charge in [-0.3, -0.25) is 0 Å². The van der Waals surface area contributed by atoms with Crippen molar-refractivity contribution in [3.8, 4) is 0 Å². The average Bonchev–Trinajstić information content (AvgIpc) is 2.40. The Balaban J connectivity index is 2.13. The van der Waals surface area contributed by atoms with Crippen molar-refractivity contribution < 1.29 is 5.11 Å². The number of aromatic nitrogens is 2. The lowest BCUT2D eigenvalue weighted by molar-refractivity contribution is 0.301. The number of nitrogens with zero attached hydrogens (tertiary/aromatic N) is 3. The summed E-state index contributed by atoms with van der Waals surface area (Å²) < 4.78 is 0. The molecular weight excluding hydrogens is 214 g/mol. The predicted molar refractivity (Wildman–Crippen MR) is 66.6 cm³/mol. The van der Waals surface area contributed by atoms with Gasteiger partial charge in [0.15, 0.2) is 0 Å². The summed E-state index contributed by atoms with van der Waals surface area (Å²) in [6, 6.07) is 12.0. The second kappa shape index (κ2) is 5.96. The maximum atomic E-state index is 9.09. The predicted octanol–water partition coefficient (Wildman–Crippen LogP) is 1.48. The van der Waals surface area contributed by atoms with E-state index in [-0.39, 0.29) is 6.61 Å². The highest BCUT2D eigenvalue weighted by atomic mass is 16.3. The Morgan fingerprint density at radius 1 is 1.12 bits per heavy atom. The van der Waals surface area contributed by atoms with Crippen LogP contribution >= 0.6 is 0 Å². The first-order chi connectivity index (χ1) is 8.40. The Bertz CT molecular complexity index is 433. The van der Waals surface area contributed by atoms with Gasteiger partial charge < -0.3 is 10.0 Å². The van der Waals surface area contributed by atoms with E-state index in [2.05, 4.69) is 22.1 Å². The van der Waals surface area contributed by atoms with Crippen LogP contribution in [0.4, 0.5) is 5.82 Å². The Morgan fingerprint density at radius 3 is 2.59 bits per heavy atom. The van der Waals surface area contributed by atoms with E-state index in [1.807, 2.05) is 29.2 Å². The van der Waals surface area contributed by atoms with Crippen LogP contribution in [0, 0.1) is 0 Å². The van der Waals surface area contributed by atoms with Crippen molar-refractivity contribution in [2.45, 2.75) is 6.54 Å². The Labute approximate surface area is 101 Å². The van der Waals surface area contributed by atoms with Crippen LogP contribution in [-0.4, -0.2) is 28.2 Å². The molecule has 0 radical (unpaired) electrons. The van der Waals surface area contributed by atoms with Crippen molar-refractivity contribution in [3.63, 3.8) is 0 Å². The fourth-order valence-electron chi connectivity index (χ4n) is 1.67. The molecule has 0 unspecified atom stereocenters. The standard InChI is InChI=1S/C13H15N3O/c17-9-8-16(13-6-7-14-11-15-13)10-12-4-2-1-3-5-12/h1-7,11,17H,8-10H2. The number of anilines is 1. The molecule has 0 spiro atoms. The van der Waals surface area contributed by atoms with E-state index >= 15 is 0 Å². The summed E-state index contributed by atoms with van der Waals surface area (Å²) in [4.78, 5) is 10.1. The number of aliphatic hydroxyl groups excluding tert-OH is 1. The lowest BCUT2D eigenvalue weighted by Crippen LogP contribution is -2.26. The van der Waals surface area contributed by atoms with Gasteiger partial charge in [-0.15, -0.1) is 0 Å². The van der Waals surface area contributed by atoms with Gasteiger partial charge in [0.25, 0.3) is 0 Å². The molecule has 0 saturated heterocycles. The van der Waals surface area contributed by atoms with E-state index in [0.717, 1.165) is 12.4 Å². The molecule has 0 bridgehead atoms. The van der Waals surface area contributed by atoms with Gasteiger partial charge in [-0.1, -0.05) is 30.3 Å². The second-order valence-electron chi connectivity index (χ2n) is 3.70. The summed E-state index contributed by atoms with van der Waals surface area (Å²) in [6.07, 6.45) is 3.22. The summed E-state index contributed by atoms with van der Waals surface area (Å²) >= 11 is 0. The van der Waals surface area contributed by atoms with Crippen molar-refractivity contribution in [3.05, 3.63) is 54.5 Å². The first-order valence-electron chi connectivity index (χ1n) is 5.56. The van der Waals surface area contributed by atoms with Crippen molar-refractivity contribution >= 4 is 5.82 Å². The fourth-order valence-corrected chi connectivity index (χ4v) is 1.67. The van der Waals surface area contributed by atoms with Crippen molar-refractivity contribution in [1.29, 1.82) is 0 Å². The van der Waals surface area contributed by atoms with Gasteiger partial charge in [-0.25, -0.2) is 9.97 Å². The summed E-state index contributed by atoms with van der Waals surface area (Å²) in [5.41, 5.74) is 1.19. The summed E-state index contributed by atoms with van der Waals surface area (Å²) in [6.45, 7) is 1.40. The Kier molecular flexibility index (Phi) is 4.05. The lowest BCUT2D eigenvalue weighted by Gasteiger charge is -2.22. The lowest BCUT2D eigenvalue weighted by atomic mass is 10.2. The topological polar surface area (TPSA) is 49.2 Å². The highest BCUT2D eigenvalue weighted by molar-refractivity contribution is 5.37. The minimum absolute atomic E-state index is 0.108. The molecule has 1 N–H and O–H groups in total. The minimum atomic E-state index is 0.108. The van der Waals surface area contributed by atoms with Gasteiger partial charge in [-0.2, -0.15) is 0 Å². The molecule has 2 rings (SSSR count). The SMILES string of the molecule is OCCN(Cc1ccccc1)c1ccncn1. The van der Waals surface area contributed by atoms with E-state index in [0.29, 0.717) is 6.54 Å². The molecule has 0 aliphatic heterocycles. The monoisotopic (exact) mass is 229 g/mol. The molecule has 2 aromatic rings.